The molecule has 2 atom stereocenters. The maximum atomic E-state index is 13.1. The van der Waals surface area contributed by atoms with Crippen LogP contribution in [0.1, 0.15) is 26.3 Å². The van der Waals surface area contributed by atoms with Crippen LogP contribution in [-0.2, 0) is 25.5 Å². The molecule has 0 aliphatic rings. The van der Waals surface area contributed by atoms with Crippen molar-refractivity contribution >= 4 is 37.4 Å². The van der Waals surface area contributed by atoms with Gasteiger partial charge in [-0.15, -0.1) is 0 Å². The number of hydrogen-bond acceptors (Lipinski definition) is 5. The predicted octanol–water partition coefficient (Wildman–Crippen LogP) is 2.23. The van der Waals surface area contributed by atoms with Gasteiger partial charge in [-0.3, -0.25) is 0 Å². The maximum absolute atomic E-state index is 13.1. The van der Waals surface area contributed by atoms with E-state index in [4.69, 9.17) is 9.47 Å². The Morgan fingerprint density at radius 3 is 2.06 bits per heavy atom. The van der Waals surface area contributed by atoms with Crippen molar-refractivity contribution in [2.24, 2.45) is 0 Å². The molecule has 8 heteroatoms. The van der Waals surface area contributed by atoms with Crippen LogP contribution in [0.15, 0.2) is 60.7 Å². The van der Waals surface area contributed by atoms with Crippen molar-refractivity contribution in [1.82, 2.24) is 10.6 Å². The summed E-state index contributed by atoms with van der Waals surface area (Å²) in [6.07, 6.45) is -0.401. The number of alkyl carbamates (subject to hydrolysis) is 1. The van der Waals surface area contributed by atoms with E-state index in [2.05, 4.69) is 10.6 Å². The molecule has 0 aliphatic heterocycles. The summed E-state index contributed by atoms with van der Waals surface area (Å²) in [5.41, 5.74) is 0.186. The Kier molecular flexibility index (Phi) is 9.75. The molecular formula is C24H30N2O5Se. The molecule has 2 rings (SSSR count). The second-order valence-corrected chi connectivity index (χ2v) is 10.4. The van der Waals surface area contributed by atoms with E-state index in [1.165, 1.54) is 7.11 Å². The van der Waals surface area contributed by atoms with E-state index in [0.29, 0.717) is 5.32 Å². The molecule has 0 bridgehead atoms. The number of nitrogens with one attached hydrogen (secondary N) is 2. The molecule has 2 aromatic carbocycles. The molecular weight excluding hydrogens is 475 g/mol. The summed E-state index contributed by atoms with van der Waals surface area (Å²) in [6.45, 7) is 5.26. The molecule has 0 saturated carbocycles. The molecule has 0 saturated heterocycles. The van der Waals surface area contributed by atoms with Gasteiger partial charge in [0.25, 0.3) is 0 Å². The van der Waals surface area contributed by atoms with Crippen LogP contribution < -0.4 is 15.1 Å². The number of esters is 1. The molecule has 0 fully saturated rings. The Morgan fingerprint density at radius 2 is 1.50 bits per heavy atom. The normalized spacial score (nSPS) is 12.9. The molecule has 0 radical (unpaired) electrons. The summed E-state index contributed by atoms with van der Waals surface area (Å²) >= 11 is -0.0710. The topological polar surface area (TPSA) is 93.7 Å². The van der Waals surface area contributed by atoms with Gasteiger partial charge >= 0.3 is 195 Å². The first-order valence-corrected chi connectivity index (χ1v) is 12.3. The molecule has 7 nitrogen and oxygen atoms in total. The Bertz CT molecular complexity index is 884. The van der Waals surface area contributed by atoms with E-state index in [-0.39, 0.29) is 21.4 Å². The minimum atomic E-state index is -0.873. The number of rotatable bonds is 9. The zero-order valence-corrected chi connectivity index (χ0v) is 20.5. The summed E-state index contributed by atoms with van der Waals surface area (Å²) < 4.78 is 11.3. The van der Waals surface area contributed by atoms with E-state index >= 15 is 0 Å². The molecule has 2 amide bonds. The fourth-order valence-electron chi connectivity index (χ4n) is 2.79. The van der Waals surface area contributed by atoms with E-state index in [0.717, 1.165) is 10.0 Å². The number of carbonyl (C=O) groups excluding carboxylic acids is 3. The summed E-state index contributed by atoms with van der Waals surface area (Å²) in [4.78, 5) is 37.8. The number of carbonyl (C=O) groups is 3. The molecule has 0 heterocycles. The van der Waals surface area contributed by atoms with Crippen LogP contribution in [0.4, 0.5) is 4.79 Å². The first-order valence-electron chi connectivity index (χ1n) is 10.3. The van der Waals surface area contributed by atoms with Crippen molar-refractivity contribution in [2.45, 2.75) is 50.2 Å². The van der Waals surface area contributed by atoms with Gasteiger partial charge in [-0.1, -0.05) is 0 Å². The number of ether oxygens (including phenoxy) is 2. The molecule has 32 heavy (non-hydrogen) atoms. The summed E-state index contributed by atoms with van der Waals surface area (Å²) in [6, 6.07) is 17.4. The standard InChI is InChI=1S/C24H30N2O5Se/c1-24(2,3)31-23(29)26-20(16-32-18-13-9-6-10-14-18)21(27)25-19(22(28)30-4)15-17-11-7-5-8-12-17/h5-14,19-20H,15-16H2,1-4H3,(H,25,27)(H,26,29)/t19-,20-/m0/s1. The van der Waals surface area contributed by atoms with Crippen LogP contribution in [0.25, 0.3) is 0 Å². The van der Waals surface area contributed by atoms with Crippen LogP contribution in [0.2, 0.25) is 5.32 Å². The van der Waals surface area contributed by atoms with Crippen molar-refractivity contribution < 1.29 is 23.9 Å². The first-order chi connectivity index (χ1) is 15.2. The van der Waals surface area contributed by atoms with E-state index in [1.807, 2.05) is 60.7 Å². The van der Waals surface area contributed by atoms with Gasteiger partial charge in [0.2, 0.25) is 0 Å². The Morgan fingerprint density at radius 1 is 0.906 bits per heavy atom. The van der Waals surface area contributed by atoms with Gasteiger partial charge in [0.1, 0.15) is 0 Å². The second-order valence-electron chi connectivity index (χ2n) is 8.10. The van der Waals surface area contributed by atoms with E-state index < -0.39 is 35.7 Å². The molecule has 0 aromatic heterocycles. The van der Waals surface area contributed by atoms with Crippen LogP contribution in [0.5, 0.6) is 0 Å². The third kappa shape index (κ3) is 9.12. The number of hydrogen-bond donors (Lipinski definition) is 2. The van der Waals surface area contributed by atoms with Gasteiger partial charge < -0.3 is 0 Å². The Labute approximate surface area is 195 Å². The van der Waals surface area contributed by atoms with Crippen molar-refractivity contribution in [3.63, 3.8) is 0 Å². The molecule has 0 unspecified atom stereocenters. The number of benzene rings is 2. The van der Waals surface area contributed by atoms with Gasteiger partial charge in [-0.2, -0.15) is 0 Å². The molecule has 172 valence electrons. The van der Waals surface area contributed by atoms with Crippen molar-refractivity contribution in [2.75, 3.05) is 7.11 Å². The average molecular weight is 505 g/mol. The van der Waals surface area contributed by atoms with Crippen molar-refractivity contribution in [3.05, 3.63) is 66.2 Å². The van der Waals surface area contributed by atoms with Crippen LogP contribution in [0.3, 0.4) is 0 Å². The Balaban J connectivity index is 2.13. The van der Waals surface area contributed by atoms with Gasteiger partial charge in [0.15, 0.2) is 0 Å². The van der Waals surface area contributed by atoms with Crippen LogP contribution >= 0.6 is 0 Å². The fourth-order valence-corrected chi connectivity index (χ4v) is 4.77. The first kappa shape index (κ1) is 25.4. The average Bonchev–Trinajstić information content (AvgIpc) is 2.75. The molecule has 2 aromatic rings. The van der Waals surface area contributed by atoms with Gasteiger partial charge in [0.05, 0.1) is 0 Å². The van der Waals surface area contributed by atoms with E-state index in [1.54, 1.807) is 20.8 Å². The van der Waals surface area contributed by atoms with Crippen molar-refractivity contribution in [3.8, 4) is 0 Å². The SMILES string of the molecule is COC(=O)[C@H](Cc1ccccc1)NC(=O)[C@H](C[Se]c1ccccc1)NC(=O)OC(C)(C)C. The number of amides is 2. The Hall–Kier alpha value is -2.83. The van der Waals surface area contributed by atoms with Gasteiger partial charge in [0, 0.05) is 0 Å². The molecule has 0 aliphatic carbocycles. The number of methoxy groups -OCH3 is 1. The van der Waals surface area contributed by atoms with Crippen LogP contribution in [-0.4, -0.2) is 57.7 Å². The van der Waals surface area contributed by atoms with Crippen LogP contribution in [0, 0.1) is 0 Å². The molecule has 0 spiro atoms. The zero-order chi connectivity index (χ0) is 23.6. The predicted molar refractivity (Wildman–Crippen MR) is 124 cm³/mol. The van der Waals surface area contributed by atoms with Crippen molar-refractivity contribution in [1.29, 1.82) is 0 Å². The third-order valence-electron chi connectivity index (χ3n) is 4.25. The minimum absolute atomic E-state index is 0.0710. The summed E-state index contributed by atoms with van der Waals surface area (Å²) in [5.74, 6) is -1.01. The second kappa shape index (κ2) is 12.3. The van der Waals surface area contributed by atoms with Gasteiger partial charge in [-0.05, 0) is 0 Å². The van der Waals surface area contributed by atoms with Gasteiger partial charge in [-0.25, -0.2) is 0 Å². The quantitative estimate of drug-likeness (QED) is 0.403. The molecule has 2 N–H and O–H groups in total. The fraction of sp³-hybridized carbons (Fsp3) is 0.375. The van der Waals surface area contributed by atoms with E-state index in [9.17, 15) is 14.4 Å². The summed E-state index contributed by atoms with van der Waals surface area (Å²) in [5, 5.41) is 5.81. The monoisotopic (exact) mass is 506 g/mol. The zero-order valence-electron chi connectivity index (χ0n) is 18.8. The third-order valence-corrected chi connectivity index (χ3v) is 6.57. The summed E-state index contributed by atoms with van der Waals surface area (Å²) in [7, 11) is 1.28.